The fourth-order valence-electron chi connectivity index (χ4n) is 0.492. The van der Waals surface area contributed by atoms with E-state index in [2.05, 4.69) is 4.40 Å². The number of carbonyl (C=O) groups is 1. The number of hydrogen-bond donors (Lipinski definition) is 1. The van der Waals surface area contributed by atoms with Gasteiger partial charge < -0.3 is 9.66 Å². The largest absolute Gasteiger partial charge is 0.591 e. The maximum absolute atomic E-state index is 11.4. The van der Waals surface area contributed by atoms with Crippen molar-refractivity contribution >= 4 is 23.0 Å². The molecule has 0 bridgehead atoms. The molecule has 4 nitrogen and oxygen atoms in total. The Balaban J connectivity index is 4.61. The third-order valence-corrected chi connectivity index (χ3v) is 2.73. The minimum atomic E-state index is -1.48. The first-order chi connectivity index (χ1) is 5.79. The summed E-state index contributed by atoms with van der Waals surface area (Å²) < 4.78 is 14.5. The van der Waals surface area contributed by atoms with Crippen molar-refractivity contribution in [2.45, 2.75) is 38.9 Å². The van der Waals surface area contributed by atoms with Gasteiger partial charge in [-0.1, -0.05) is 11.3 Å². The van der Waals surface area contributed by atoms with Gasteiger partial charge in [-0.05, 0) is 27.2 Å². The van der Waals surface area contributed by atoms with E-state index in [-0.39, 0.29) is 12.1 Å². The van der Waals surface area contributed by atoms with E-state index < -0.39 is 22.1 Å². The van der Waals surface area contributed by atoms with Gasteiger partial charge in [0, 0.05) is 0 Å². The number of carboxylic acid groups (broad SMARTS) is 1. The molecule has 13 heavy (non-hydrogen) atoms. The molecule has 0 spiro atoms. The van der Waals surface area contributed by atoms with Gasteiger partial charge in [0.05, 0.1) is 0 Å². The zero-order valence-electron chi connectivity index (χ0n) is 8.33. The van der Waals surface area contributed by atoms with Crippen LogP contribution in [0.3, 0.4) is 0 Å². The molecule has 0 aliphatic rings. The van der Waals surface area contributed by atoms with Gasteiger partial charge in [-0.15, -0.1) is 0 Å². The highest BCUT2D eigenvalue weighted by atomic mass is 32.2. The van der Waals surface area contributed by atoms with Crippen LogP contribution < -0.4 is 0 Å². The van der Waals surface area contributed by atoms with Crippen molar-refractivity contribution in [3.05, 3.63) is 0 Å². The molecule has 0 radical (unpaired) electrons. The lowest BCUT2D eigenvalue weighted by Gasteiger charge is -2.18. The van der Waals surface area contributed by atoms with Crippen molar-refractivity contribution in [1.82, 2.24) is 0 Å². The van der Waals surface area contributed by atoms with Crippen molar-refractivity contribution in [3.8, 4) is 0 Å². The molecule has 0 aromatic rings. The van der Waals surface area contributed by atoms with Gasteiger partial charge in [-0.2, -0.15) is 0 Å². The van der Waals surface area contributed by atoms with Gasteiger partial charge in [0.25, 0.3) is 0 Å². The van der Waals surface area contributed by atoms with Crippen molar-refractivity contribution in [2.75, 3.05) is 0 Å². The van der Waals surface area contributed by atoms with Crippen LogP contribution >= 0.6 is 0 Å². The lowest BCUT2D eigenvalue weighted by Crippen LogP contribution is -2.28. The van der Waals surface area contributed by atoms with E-state index in [0.29, 0.717) is 0 Å². The molecular formula is C8H15NO3S. The molecule has 0 fully saturated rings. The van der Waals surface area contributed by atoms with E-state index in [9.17, 15) is 9.35 Å². The summed E-state index contributed by atoms with van der Waals surface area (Å²) in [5, 5.41) is 8.62. The number of hydrogen-bond acceptors (Lipinski definition) is 3. The molecule has 0 amide bonds. The Bertz CT molecular complexity index is 220. The fraction of sp³-hybridized carbons (Fsp3) is 0.750. The summed E-state index contributed by atoms with van der Waals surface area (Å²) in [5.74, 6) is -1.10. The van der Waals surface area contributed by atoms with Gasteiger partial charge in [0.1, 0.15) is 16.1 Å². The maximum Gasteiger partial charge on any atom is 0.354 e. The van der Waals surface area contributed by atoms with E-state index in [0.717, 1.165) is 0 Å². The molecule has 1 atom stereocenters. The number of aliphatic carboxylic acids is 1. The van der Waals surface area contributed by atoms with Crippen LogP contribution in [-0.2, 0) is 16.2 Å². The summed E-state index contributed by atoms with van der Waals surface area (Å²) in [6.07, 6.45) is 0.289. The van der Waals surface area contributed by atoms with E-state index in [1.807, 2.05) is 0 Å². The summed E-state index contributed by atoms with van der Waals surface area (Å²) in [6.45, 7) is 6.93. The zero-order chi connectivity index (χ0) is 10.6. The highest BCUT2D eigenvalue weighted by Crippen LogP contribution is 2.17. The van der Waals surface area contributed by atoms with Gasteiger partial charge in [-0.25, -0.2) is 4.79 Å². The number of carboxylic acids is 1. The van der Waals surface area contributed by atoms with E-state index in [1.54, 1.807) is 27.7 Å². The summed E-state index contributed by atoms with van der Waals surface area (Å²) >= 11 is -1.48. The predicted octanol–water partition coefficient (Wildman–Crippen LogP) is 1.38. The topological polar surface area (TPSA) is 72.7 Å². The molecule has 1 unspecified atom stereocenters. The summed E-state index contributed by atoms with van der Waals surface area (Å²) in [7, 11) is 0. The van der Waals surface area contributed by atoms with Crippen molar-refractivity contribution in [3.63, 3.8) is 0 Å². The van der Waals surface area contributed by atoms with E-state index >= 15 is 0 Å². The Labute approximate surface area is 81.4 Å². The smallest absolute Gasteiger partial charge is 0.354 e. The Kier molecular flexibility index (Phi) is 4.43. The second-order valence-corrected chi connectivity index (χ2v) is 5.46. The van der Waals surface area contributed by atoms with Crippen LogP contribution in [0.2, 0.25) is 0 Å². The summed E-state index contributed by atoms with van der Waals surface area (Å²) in [5.41, 5.74) is -0.0340. The molecule has 76 valence electrons. The molecule has 5 heteroatoms. The van der Waals surface area contributed by atoms with E-state index in [4.69, 9.17) is 5.11 Å². The molecule has 0 aromatic heterocycles. The maximum atomic E-state index is 11.4. The van der Waals surface area contributed by atoms with Crippen LogP contribution in [0.15, 0.2) is 4.40 Å². The second-order valence-electron chi connectivity index (χ2n) is 3.56. The Morgan fingerprint density at radius 1 is 1.54 bits per heavy atom. The molecule has 0 aromatic carbocycles. The lowest BCUT2D eigenvalue weighted by molar-refractivity contribution is -0.129. The summed E-state index contributed by atoms with van der Waals surface area (Å²) in [4.78, 5) is 10.5. The molecule has 0 aliphatic heterocycles. The van der Waals surface area contributed by atoms with Crippen molar-refractivity contribution < 1.29 is 14.5 Å². The Hall–Kier alpha value is -0.550. The first-order valence-corrected chi connectivity index (χ1v) is 5.12. The van der Waals surface area contributed by atoms with Gasteiger partial charge in [0.15, 0.2) is 5.71 Å². The minimum Gasteiger partial charge on any atom is -0.591 e. The molecule has 0 rings (SSSR count). The third-order valence-electron chi connectivity index (χ3n) is 1.30. The lowest BCUT2D eigenvalue weighted by atomic mass is 10.3. The molecule has 0 heterocycles. The first kappa shape index (κ1) is 12.4. The molecular weight excluding hydrogens is 190 g/mol. The SMILES string of the molecule is CCC(=N[S+]([O-])C(C)(C)C)C(=O)O. The molecule has 1 N–H and O–H groups in total. The quantitative estimate of drug-likeness (QED) is 0.559. The molecule has 0 saturated heterocycles. The molecule has 0 saturated carbocycles. The predicted molar refractivity (Wildman–Crippen MR) is 53.3 cm³/mol. The van der Waals surface area contributed by atoms with Crippen LogP contribution in [0.5, 0.6) is 0 Å². The van der Waals surface area contributed by atoms with Crippen LogP contribution in [0.4, 0.5) is 0 Å². The standard InChI is InChI=1S/C8H15NO3S/c1-5-6(7(10)11)9-13(12)8(2,3)4/h5H2,1-4H3,(H,10,11). The van der Waals surface area contributed by atoms with Crippen LogP contribution in [0, 0.1) is 0 Å². The van der Waals surface area contributed by atoms with Gasteiger partial charge in [-0.3, -0.25) is 0 Å². The number of nitrogens with zero attached hydrogens (tertiary/aromatic N) is 1. The fourth-order valence-corrected chi connectivity index (χ4v) is 1.17. The third kappa shape index (κ3) is 4.28. The average molecular weight is 205 g/mol. The first-order valence-electron chi connectivity index (χ1n) is 4.02. The Morgan fingerprint density at radius 3 is 2.23 bits per heavy atom. The number of rotatable bonds is 3. The van der Waals surface area contributed by atoms with Crippen LogP contribution in [0.25, 0.3) is 0 Å². The zero-order valence-corrected chi connectivity index (χ0v) is 9.14. The highest BCUT2D eigenvalue weighted by Gasteiger charge is 2.28. The van der Waals surface area contributed by atoms with Crippen molar-refractivity contribution in [2.24, 2.45) is 4.40 Å². The monoisotopic (exact) mass is 205 g/mol. The normalized spacial score (nSPS) is 15.6. The van der Waals surface area contributed by atoms with Crippen molar-refractivity contribution in [1.29, 1.82) is 0 Å². The summed E-state index contributed by atoms with van der Waals surface area (Å²) in [6, 6.07) is 0. The van der Waals surface area contributed by atoms with E-state index in [1.165, 1.54) is 0 Å². The van der Waals surface area contributed by atoms with Gasteiger partial charge in [0.2, 0.25) is 0 Å². The molecule has 0 aliphatic carbocycles. The second kappa shape index (κ2) is 4.62. The van der Waals surface area contributed by atoms with Crippen LogP contribution in [-0.4, -0.2) is 26.1 Å². The Morgan fingerprint density at radius 2 is 2.00 bits per heavy atom. The van der Waals surface area contributed by atoms with Crippen LogP contribution in [0.1, 0.15) is 34.1 Å². The van der Waals surface area contributed by atoms with Gasteiger partial charge >= 0.3 is 5.97 Å². The minimum absolute atomic E-state index is 0.0340. The highest BCUT2D eigenvalue weighted by molar-refractivity contribution is 7.91. The average Bonchev–Trinajstić information content (AvgIpc) is 1.96.